The highest BCUT2D eigenvalue weighted by atomic mass is 35.5. The number of amides is 2. The predicted molar refractivity (Wildman–Crippen MR) is 109 cm³/mol. The number of nitrogens with one attached hydrogen (secondary N) is 2. The van der Waals surface area contributed by atoms with E-state index < -0.39 is 6.04 Å². The monoisotopic (exact) mass is 388 g/mol. The minimum Gasteiger partial charge on any atom is -0.494 e. The molecule has 144 valence electrons. The van der Waals surface area contributed by atoms with Crippen molar-refractivity contribution in [3.8, 4) is 5.75 Å². The Morgan fingerprint density at radius 1 is 1.11 bits per heavy atom. The average Bonchev–Trinajstić information content (AvgIpc) is 2.62. The normalized spacial score (nSPS) is 11.8. The topological polar surface area (TPSA) is 67.4 Å². The first-order chi connectivity index (χ1) is 12.8. The van der Waals surface area contributed by atoms with Gasteiger partial charge in [-0.15, -0.1) is 0 Å². The summed E-state index contributed by atoms with van der Waals surface area (Å²) < 4.78 is 5.38. The van der Waals surface area contributed by atoms with Crippen LogP contribution in [0.25, 0.3) is 0 Å². The molecule has 1 atom stereocenters. The fraction of sp³-hybridized carbons (Fsp3) is 0.333. The van der Waals surface area contributed by atoms with Crippen LogP contribution in [-0.2, 0) is 4.79 Å². The van der Waals surface area contributed by atoms with Crippen molar-refractivity contribution in [3.05, 3.63) is 58.6 Å². The molecule has 0 spiro atoms. The largest absolute Gasteiger partial charge is 0.494 e. The summed E-state index contributed by atoms with van der Waals surface area (Å²) >= 11 is 5.96. The van der Waals surface area contributed by atoms with Crippen LogP contribution in [0.4, 0.5) is 5.69 Å². The van der Waals surface area contributed by atoms with Crippen molar-refractivity contribution in [1.29, 1.82) is 0 Å². The number of anilines is 1. The van der Waals surface area contributed by atoms with Crippen LogP contribution in [-0.4, -0.2) is 24.5 Å². The molecule has 2 aromatic rings. The van der Waals surface area contributed by atoms with E-state index in [9.17, 15) is 9.59 Å². The number of halogens is 1. The van der Waals surface area contributed by atoms with E-state index >= 15 is 0 Å². The van der Waals surface area contributed by atoms with Crippen molar-refractivity contribution in [1.82, 2.24) is 5.32 Å². The van der Waals surface area contributed by atoms with Gasteiger partial charge in [0, 0.05) is 16.3 Å². The number of rotatable bonds is 7. The molecule has 0 radical (unpaired) electrons. The van der Waals surface area contributed by atoms with E-state index in [0.717, 1.165) is 5.56 Å². The lowest BCUT2D eigenvalue weighted by Crippen LogP contribution is -2.47. The smallest absolute Gasteiger partial charge is 0.251 e. The van der Waals surface area contributed by atoms with Crippen LogP contribution in [0.1, 0.15) is 36.7 Å². The first kappa shape index (κ1) is 20.8. The van der Waals surface area contributed by atoms with Crippen LogP contribution >= 0.6 is 11.6 Å². The number of carbonyl (C=O) groups is 2. The zero-order valence-electron chi connectivity index (χ0n) is 16.0. The van der Waals surface area contributed by atoms with Crippen molar-refractivity contribution in [3.63, 3.8) is 0 Å². The molecule has 0 unspecified atom stereocenters. The zero-order valence-corrected chi connectivity index (χ0v) is 16.8. The Labute approximate surface area is 165 Å². The molecule has 2 amide bonds. The number of carbonyl (C=O) groups excluding carboxylic acids is 2. The Morgan fingerprint density at radius 2 is 1.78 bits per heavy atom. The molecule has 0 aliphatic heterocycles. The van der Waals surface area contributed by atoms with E-state index in [1.54, 1.807) is 42.5 Å². The van der Waals surface area contributed by atoms with Gasteiger partial charge in [0.15, 0.2) is 0 Å². The zero-order chi connectivity index (χ0) is 20.0. The number of benzene rings is 2. The third-order valence-corrected chi connectivity index (χ3v) is 4.34. The molecule has 0 saturated heterocycles. The molecule has 5 nitrogen and oxygen atoms in total. The van der Waals surface area contributed by atoms with Crippen LogP contribution in [0.5, 0.6) is 5.75 Å². The Hall–Kier alpha value is -2.53. The Kier molecular flexibility index (Phi) is 7.25. The maximum Gasteiger partial charge on any atom is 0.251 e. The van der Waals surface area contributed by atoms with Gasteiger partial charge in [-0.05, 0) is 67.8 Å². The molecule has 0 aliphatic rings. The second-order valence-electron chi connectivity index (χ2n) is 6.60. The predicted octanol–water partition coefficient (Wildman–Crippen LogP) is 4.44. The van der Waals surface area contributed by atoms with Gasteiger partial charge in [-0.25, -0.2) is 0 Å². The second kappa shape index (κ2) is 9.42. The molecule has 0 fully saturated rings. The van der Waals surface area contributed by atoms with Crippen LogP contribution in [0.15, 0.2) is 42.5 Å². The summed E-state index contributed by atoms with van der Waals surface area (Å²) in [4.78, 5) is 25.3. The number of hydrogen-bond donors (Lipinski definition) is 2. The highest BCUT2D eigenvalue weighted by molar-refractivity contribution is 6.30. The van der Waals surface area contributed by atoms with Gasteiger partial charge < -0.3 is 15.4 Å². The lowest BCUT2D eigenvalue weighted by Gasteiger charge is -2.22. The van der Waals surface area contributed by atoms with Gasteiger partial charge in [0.05, 0.1) is 6.61 Å². The van der Waals surface area contributed by atoms with Crippen molar-refractivity contribution in [2.24, 2.45) is 5.92 Å². The number of ether oxygens (including phenoxy) is 1. The third kappa shape index (κ3) is 5.73. The molecule has 0 bridgehead atoms. The van der Waals surface area contributed by atoms with E-state index in [4.69, 9.17) is 16.3 Å². The quantitative estimate of drug-likeness (QED) is 0.736. The van der Waals surface area contributed by atoms with Crippen molar-refractivity contribution in [2.45, 2.75) is 33.7 Å². The highest BCUT2D eigenvalue weighted by Crippen LogP contribution is 2.20. The van der Waals surface area contributed by atoms with Gasteiger partial charge in [0.2, 0.25) is 5.91 Å². The maximum atomic E-state index is 12.7. The van der Waals surface area contributed by atoms with Gasteiger partial charge in [-0.2, -0.15) is 0 Å². The molecule has 2 aromatic carbocycles. The molecular formula is C21H25ClN2O3. The fourth-order valence-corrected chi connectivity index (χ4v) is 2.83. The van der Waals surface area contributed by atoms with E-state index in [1.165, 1.54) is 0 Å². The van der Waals surface area contributed by atoms with Crippen molar-refractivity contribution in [2.75, 3.05) is 11.9 Å². The van der Waals surface area contributed by atoms with Crippen molar-refractivity contribution < 1.29 is 14.3 Å². The summed E-state index contributed by atoms with van der Waals surface area (Å²) in [6, 6.07) is 11.4. The van der Waals surface area contributed by atoms with Crippen LogP contribution in [0.2, 0.25) is 5.02 Å². The summed E-state index contributed by atoms with van der Waals surface area (Å²) in [6.45, 7) is 8.10. The van der Waals surface area contributed by atoms with Gasteiger partial charge >= 0.3 is 0 Å². The van der Waals surface area contributed by atoms with E-state index in [2.05, 4.69) is 10.6 Å². The summed E-state index contributed by atoms with van der Waals surface area (Å²) in [7, 11) is 0. The highest BCUT2D eigenvalue weighted by Gasteiger charge is 2.25. The molecule has 2 N–H and O–H groups in total. The summed E-state index contributed by atoms with van der Waals surface area (Å²) in [6.07, 6.45) is 0. The molecule has 6 heteroatoms. The van der Waals surface area contributed by atoms with Gasteiger partial charge in [-0.3, -0.25) is 9.59 Å². The first-order valence-corrected chi connectivity index (χ1v) is 9.30. The van der Waals surface area contributed by atoms with E-state index in [-0.39, 0.29) is 17.7 Å². The minimum absolute atomic E-state index is 0.0794. The van der Waals surface area contributed by atoms with E-state index in [0.29, 0.717) is 28.6 Å². The lowest BCUT2D eigenvalue weighted by molar-refractivity contribution is -0.118. The van der Waals surface area contributed by atoms with Crippen LogP contribution in [0, 0.1) is 12.8 Å². The molecular weight excluding hydrogens is 364 g/mol. The summed E-state index contributed by atoms with van der Waals surface area (Å²) in [5.41, 5.74) is 2.00. The van der Waals surface area contributed by atoms with Crippen molar-refractivity contribution >= 4 is 29.1 Å². The third-order valence-electron chi connectivity index (χ3n) is 4.11. The number of hydrogen-bond acceptors (Lipinski definition) is 3. The SMILES string of the molecule is CCOc1ccc(C(=O)N[C@H](C(=O)Nc2ccc(Cl)cc2C)C(C)C)cc1. The van der Waals surface area contributed by atoms with Gasteiger partial charge in [0.25, 0.3) is 5.91 Å². The average molecular weight is 389 g/mol. The second-order valence-corrected chi connectivity index (χ2v) is 7.04. The molecule has 0 saturated carbocycles. The van der Waals surface area contributed by atoms with Gasteiger partial charge in [0.1, 0.15) is 11.8 Å². The van der Waals surface area contributed by atoms with Crippen LogP contribution < -0.4 is 15.4 Å². The first-order valence-electron chi connectivity index (χ1n) is 8.92. The Morgan fingerprint density at radius 3 is 2.33 bits per heavy atom. The lowest BCUT2D eigenvalue weighted by atomic mass is 10.0. The molecule has 0 heterocycles. The molecule has 2 rings (SSSR count). The molecule has 0 aromatic heterocycles. The van der Waals surface area contributed by atoms with E-state index in [1.807, 2.05) is 27.7 Å². The molecule has 0 aliphatic carbocycles. The van der Waals surface area contributed by atoms with Gasteiger partial charge in [-0.1, -0.05) is 25.4 Å². The summed E-state index contributed by atoms with van der Waals surface area (Å²) in [5, 5.41) is 6.29. The summed E-state index contributed by atoms with van der Waals surface area (Å²) in [5.74, 6) is 0.0455. The van der Waals surface area contributed by atoms with Crippen LogP contribution in [0.3, 0.4) is 0 Å². The maximum absolute atomic E-state index is 12.7. The minimum atomic E-state index is -0.667. The molecule has 27 heavy (non-hydrogen) atoms. The standard InChI is InChI=1S/C21H25ClN2O3/c1-5-27-17-9-6-15(7-10-17)20(25)24-19(13(2)3)21(26)23-18-11-8-16(22)12-14(18)4/h6-13,19H,5H2,1-4H3,(H,23,26)(H,24,25)/t19-/m0/s1. The fourth-order valence-electron chi connectivity index (χ4n) is 2.61. The Bertz CT molecular complexity index is 804. The Balaban J connectivity index is 2.09. The number of aryl methyl sites for hydroxylation is 1.